The Kier molecular flexibility index (Phi) is 2.48. The molecule has 0 atom stereocenters. The van der Waals surface area contributed by atoms with Gasteiger partial charge in [0.05, 0.1) is 5.69 Å². The maximum atomic E-state index is 4.46. The molecule has 86 valence electrons. The molecule has 0 radical (unpaired) electrons. The first-order valence-corrected chi connectivity index (χ1v) is 5.79. The Morgan fingerprint density at radius 1 is 1.29 bits per heavy atom. The number of aryl methyl sites for hydroxylation is 1. The summed E-state index contributed by atoms with van der Waals surface area (Å²) in [4.78, 5) is 15.2. The van der Waals surface area contributed by atoms with Gasteiger partial charge in [-0.3, -0.25) is 0 Å². The maximum Gasteiger partial charge on any atom is 0.131 e. The third kappa shape index (κ3) is 1.86. The van der Waals surface area contributed by atoms with Crippen LogP contribution in [0.15, 0.2) is 30.9 Å². The van der Waals surface area contributed by atoms with Crippen LogP contribution in [0.25, 0.3) is 0 Å². The van der Waals surface area contributed by atoms with Crippen LogP contribution < -0.4 is 4.90 Å². The molecule has 0 aliphatic carbocycles. The van der Waals surface area contributed by atoms with Crippen LogP contribution >= 0.6 is 0 Å². The zero-order valence-corrected chi connectivity index (χ0v) is 9.80. The molecule has 0 saturated carbocycles. The van der Waals surface area contributed by atoms with E-state index in [9.17, 15) is 0 Å². The standard InChI is InChI=1S/C13H14N4/c1-10-3-2-5-15-13(10)17-6-4-12-11(8-17)7-14-9-16-12/h2-3,5,7,9H,4,6,8H2,1H3. The minimum atomic E-state index is 0.855. The minimum Gasteiger partial charge on any atom is -0.352 e. The molecule has 0 saturated heterocycles. The molecule has 2 aromatic heterocycles. The van der Waals surface area contributed by atoms with Crippen molar-refractivity contribution in [1.82, 2.24) is 15.0 Å². The van der Waals surface area contributed by atoms with E-state index in [1.54, 1.807) is 6.33 Å². The molecule has 0 N–H and O–H groups in total. The summed E-state index contributed by atoms with van der Waals surface area (Å²) in [5, 5.41) is 0. The lowest BCUT2D eigenvalue weighted by Gasteiger charge is -2.29. The summed E-state index contributed by atoms with van der Waals surface area (Å²) in [5.74, 6) is 1.07. The third-order valence-electron chi connectivity index (χ3n) is 3.14. The lowest BCUT2D eigenvalue weighted by molar-refractivity contribution is 0.694. The SMILES string of the molecule is Cc1cccnc1N1CCc2ncncc2C1. The van der Waals surface area contributed by atoms with E-state index in [1.807, 2.05) is 18.5 Å². The van der Waals surface area contributed by atoms with Crippen LogP contribution in [0.1, 0.15) is 16.8 Å². The molecule has 17 heavy (non-hydrogen) atoms. The van der Waals surface area contributed by atoms with Crippen LogP contribution in [-0.2, 0) is 13.0 Å². The number of aromatic nitrogens is 3. The molecular formula is C13H14N4. The van der Waals surface area contributed by atoms with E-state index in [2.05, 4.69) is 32.8 Å². The van der Waals surface area contributed by atoms with Crippen LogP contribution in [0.5, 0.6) is 0 Å². The van der Waals surface area contributed by atoms with Gasteiger partial charge in [0, 0.05) is 37.5 Å². The highest BCUT2D eigenvalue weighted by atomic mass is 15.2. The van der Waals surface area contributed by atoms with E-state index >= 15 is 0 Å². The summed E-state index contributed by atoms with van der Waals surface area (Å²) in [5.41, 5.74) is 3.60. The van der Waals surface area contributed by atoms with Crippen molar-refractivity contribution in [1.29, 1.82) is 0 Å². The number of nitrogens with zero attached hydrogens (tertiary/aromatic N) is 4. The first-order chi connectivity index (χ1) is 8.34. The van der Waals surface area contributed by atoms with Gasteiger partial charge in [0.25, 0.3) is 0 Å². The fourth-order valence-electron chi connectivity index (χ4n) is 2.26. The van der Waals surface area contributed by atoms with E-state index in [1.165, 1.54) is 16.8 Å². The predicted octanol–water partition coefficient (Wildman–Crippen LogP) is 1.74. The Balaban J connectivity index is 1.92. The fourth-order valence-corrected chi connectivity index (χ4v) is 2.26. The van der Waals surface area contributed by atoms with Crippen LogP contribution in [0.2, 0.25) is 0 Å². The monoisotopic (exact) mass is 226 g/mol. The number of rotatable bonds is 1. The molecule has 0 fully saturated rings. The molecule has 0 spiro atoms. The molecular weight excluding hydrogens is 212 g/mol. The quantitative estimate of drug-likeness (QED) is 0.742. The number of anilines is 1. The molecule has 0 unspecified atom stereocenters. The molecule has 0 amide bonds. The van der Waals surface area contributed by atoms with Gasteiger partial charge in [-0.25, -0.2) is 15.0 Å². The van der Waals surface area contributed by atoms with Crippen molar-refractivity contribution in [2.75, 3.05) is 11.4 Å². The van der Waals surface area contributed by atoms with Gasteiger partial charge in [-0.2, -0.15) is 0 Å². The Labute approximate surface area is 100 Å². The number of fused-ring (bicyclic) bond motifs is 1. The van der Waals surface area contributed by atoms with Crippen molar-refractivity contribution < 1.29 is 0 Å². The van der Waals surface area contributed by atoms with Gasteiger partial charge in [0.1, 0.15) is 12.1 Å². The molecule has 4 nitrogen and oxygen atoms in total. The van der Waals surface area contributed by atoms with Gasteiger partial charge in [-0.05, 0) is 18.6 Å². The van der Waals surface area contributed by atoms with Crippen molar-refractivity contribution >= 4 is 5.82 Å². The molecule has 0 bridgehead atoms. The molecule has 3 rings (SSSR count). The Bertz CT molecular complexity index is 538. The number of hydrogen-bond donors (Lipinski definition) is 0. The van der Waals surface area contributed by atoms with E-state index in [4.69, 9.17) is 0 Å². The van der Waals surface area contributed by atoms with E-state index in [-0.39, 0.29) is 0 Å². The second-order valence-corrected chi connectivity index (χ2v) is 4.31. The maximum absolute atomic E-state index is 4.46. The van der Waals surface area contributed by atoms with Crippen LogP contribution in [0.4, 0.5) is 5.82 Å². The Morgan fingerprint density at radius 3 is 3.12 bits per heavy atom. The van der Waals surface area contributed by atoms with Crippen molar-refractivity contribution in [3.63, 3.8) is 0 Å². The van der Waals surface area contributed by atoms with Gasteiger partial charge in [-0.15, -0.1) is 0 Å². The van der Waals surface area contributed by atoms with Gasteiger partial charge in [0.15, 0.2) is 0 Å². The summed E-state index contributed by atoms with van der Waals surface area (Å²) < 4.78 is 0. The molecule has 1 aliphatic rings. The van der Waals surface area contributed by atoms with Gasteiger partial charge in [-0.1, -0.05) is 6.07 Å². The molecule has 4 heteroatoms. The highest BCUT2D eigenvalue weighted by Gasteiger charge is 2.19. The van der Waals surface area contributed by atoms with E-state index in [0.29, 0.717) is 0 Å². The second-order valence-electron chi connectivity index (χ2n) is 4.31. The molecule has 2 aromatic rings. The minimum absolute atomic E-state index is 0.855. The molecule has 3 heterocycles. The fraction of sp³-hybridized carbons (Fsp3) is 0.308. The second kappa shape index (κ2) is 4.13. The average Bonchev–Trinajstić information content (AvgIpc) is 2.39. The summed E-state index contributed by atoms with van der Waals surface area (Å²) in [6.07, 6.45) is 6.35. The largest absolute Gasteiger partial charge is 0.352 e. The van der Waals surface area contributed by atoms with Crippen molar-refractivity contribution in [2.24, 2.45) is 0 Å². The summed E-state index contributed by atoms with van der Waals surface area (Å²) in [6.45, 7) is 3.93. The smallest absolute Gasteiger partial charge is 0.131 e. The summed E-state index contributed by atoms with van der Waals surface area (Å²) in [7, 11) is 0. The van der Waals surface area contributed by atoms with Crippen LogP contribution in [0, 0.1) is 6.92 Å². The van der Waals surface area contributed by atoms with Crippen LogP contribution in [-0.4, -0.2) is 21.5 Å². The Hall–Kier alpha value is -1.97. The summed E-state index contributed by atoms with van der Waals surface area (Å²) >= 11 is 0. The zero-order chi connectivity index (χ0) is 11.7. The van der Waals surface area contributed by atoms with Crippen molar-refractivity contribution in [2.45, 2.75) is 19.9 Å². The number of hydrogen-bond acceptors (Lipinski definition) is 4. The molecule has 0 aromatic carbocycles. The third-order valence-corrected chi connectivity index (χ3v) is 3.14. The highest BCUT2D eigenvalue weighted by Crippen LogP contribution is 2.23. The van der Waals surface area contributed by atoms with Crippen molar-refractivity contribution in [3.05, 3.63) is 47.7 Å². The lowest BCUT2D eigenvalue weighted by atomic mass is 10.1. The van der Waals surface area contributed by atoms with E-state index < -0.39 is 0 Å². The van der Waals surface area contributed by atoms with Gasteiger partial charge < -0.3 is 4.90 Å². The van der Waals surface area contributed by atoms with E-state index in [0.717, 1.165) is 25.3 Å². The molecule has 1 aliphatic heterocycles. The predicted molar refractivity (Wildman–Crippen MR) is 65.8 cm³/mol. The van der Waals surface area contributed by atoms with Crippen LogP contribution in [0.3, 0.4) is 0 Å². The Morgan fingerprint density at radius 2 is 2.24 bits per heavy atom. The van der Waals surface area contributed by atoms with Gasteiger partial charge in [0.2, 0.25) is 0 Å². The average molecular weight is 226 g/mol. The number of pyridine rings is 1. The first kappa shape index (κ1) is 10.2. The first-order valence-electron chi connectivity index (χ1n) is 5.79. The van der Waals surface area contributed by atoms with Crippen molar-refractivity contribution in [3.8, 4) is 0 Å². The zero-order valence-electron chi connectivity index (χ0n) is 9.80. The normalized spacial score (nSPS) is 14.5. The van der Waals surface area contributed by atoms with Gasteiger partial charge >= 0.3 is 0 Å². The topological polar surface area (TPSA) is 41.9 Å². The lowest BCUT2D eigenvalue weighted by Crippen LogP contribution is -2.32. The highest BCUT2D eigenvalue weighted by molar-refractivity contribution is 5.48. The summed E-state index contributed by atoms with van der Waals surface area (Å²) in [6, 6.07) is 4.07.